The lowest BCUT2D eigenvalue weighted by molar-refractivity contribution is -0.136. The number of imidazole rings is 2. The number of aromatic nitrogens is 4. The van der Waals surface area contributed by atoms with Crippen molar-refractivity contribution in [3.63, 3.8) is 0 Å². The molecule has 2 aromatic rings. The number of esters is 1. The molecule has 0 fully saturated rings. The second-order valence-corrected chi connectivity index (χ2v) is 4.28. The number of anilines is 1. The minimum atomic E-state index is -0.779. The highest BCUT2D eigenvalue weighted by atomic mass is 16.5. The van der Waals surface area contributed by atoms with Crippen molar-refractivity contribution in [2.75, 3.05) is 5.73 Å². The highest BCUT2D eigenvalue weighted by Crippen LogP contribution is 2.12. The fraction of sp³-hybridized carbons (Fsp3) is 0.364. The third kappa shape index (κ3) is 2.91. The summed E-state index contributed by atoms with van der Waals surface area (Å²) in [6, 6.07) is -0.779. The van der Waals surface area contributed by atoms with E-state index in [1.54, 1.807) is 28.7 Å². The number of carbonyl (C=O) groups excluding carboxylic acids is 1. The van der Waals surface area contributed by atoms with Crippen molar-refractivity contribution in [3.8, 4) is 5.88 Å². The Morgan fingerprint density at radius 1 is 1.47 bits per heavy atom. The summed E-state index contributed by atoms with van der Waals surface area (Å²) in [5.41, 5.74) is 12.2. The average Bonchev–Trinajstić information content (AvgIpc) is 2.87. The molecule has 0 bridgehead atoms. The van der Waals surface area contributed by atoms with Crippen LogP contribution in [0.1, 0.15) is 5.69 Å². The minimum absolute atomic E-state index is 0.144. The number of nitrogens with two attached hydrogens (primary N) is 2. The topological polar surface area (TPSA) is 114 Å². The molecule has 0 amide bonds. The molecule has 0 aliphatic heterocycles. The van der Waals surface area contributed by atoms with Crippen LogP contribution in [-0.4, -0.2) is 31.1 Å². The standard InChI is InChI=1S/C11H16N6O2/c1-16-5-9(15-11(16)13)19-10(18)8(12)3-7-4-14-6-17(7)2/h4-6,8H,3,12H2,1-2H3,(H2,13,15)/t8-/m0/s1. The van der Waals surface area contributed by atoms with Crippen LogP contribution in [0.4, 0.5) is 5.95 Å². The Bertz CT molecular complexity index is 568. The molecule has 8 heteroatoms. The Labute approximate surface area is 110 Å². The first-order valence-electron chi connectivity index (χ1n) is 5.68. The van der Waals surface area contributed by atoms with Gasteiger partial charge >= 0.3 is 5.97 Å². The van der Waals surface area contributed by atoms with Gasteiger partial charge in [-0.3, -0.25) is 0 Å². The Kier molecular flexibility index (Phi) is 3.52. The molecule has 102 valence electrons. The van der Waals surface area contributed by atoms with E-state index in [1.165, 1.54) is 6.20 Å². The molecule has 0 unspecified atom stereocenters. The van der Waals surface area contributed by atoms with E-state index >= 15 is 0 Å². The highest BCUT2D eigenvalue weighted by molar-refractivity contribution is 5.77. The fourth-order valence-electron chi connectivity index (χ4n) is 1.57. The molecule has 1 atom stereocenters. The van der Waals surface area contributed by atoms with E-state index in [2.05, 4.69) is 9.97 Å². The van der Waals surface area contributed by atoms with Gasteiger partial charge in [0.1, 0.15) is 6.04 Å². The second-order valence-electron chi connectivity index (χ2n) is 4.28. The molecule has 0 aliphatic carbocycles. The molecule has 8 nitrogen and oxygen atoms in total. The van der Waals surface area contributed by atoms with Gasteiger partial charge in [-0.1, -0.05) is 0 Å². The van der Waals surface area contributed by atoms with E-state index in [0.29, 0.717) is 6.42 Å². The molecule has 0 saturated carbocycles. The number of carbonyl (C=O) groups is 1. The van der Waals surface area contributed by atoms with Crippen molar-refractivity contribution in [1.29, 1.82) is 0 Å². The highest BCUT2D eigenvalue weighted by Gasteiger charge is 2.19. The molecule has 2 rings (SSSR count). The number of aryl methyl sites for hydroxylation is 2. The summed E-state index contributed by atoms with van der Waals surface area (Å²) in [6.45, 7) is 0. The zero-order chi connectivity index (χ0) is 14.0. The number of hydrogen-bond donors (Lipinski definition) is 2. The maximum Gasteiger partial charge on any atom is 0.330 e. The van der Waals surface area contributed by atoms with E-state index in [0.717, 1.165) is 5.69 Å². The molecule has 0 aliphatic rings. The molecule has 2 aromatic heterocycles. The molecule has 0 aromatic carbocycles. The molecule has 19 heavy (non-hydrogen) atoms. The first kappa shape index (κ1) is 13.1. The van der Waals surface area contributed by atoms with Crippen molar-refractivity contribution < 1.29 is 9.53 Å². The smallest absolute Gasteiger partial charge is 0.330 e. The van der Waals surface area contributed by atoms with E-state index in [4.69, 9.17) is 16.2 Å². The summed E-state index contributed by atoms with van der Waals surface area (Å²) >= 11 is 0. The molecule has 4 N–H and O–H groups in total. The van der Waals surface area contributed by atoms with Gasteiger partial charge < -0.3 is 25.3 Å². The fourth-order valence-corrected chi connectivity index (χ4v) is 1.57. The number of ether oxygens (including phenoxy) is 1. The Morgan fingerprint density at radius 3 is 2.74 bits per heavy atom. The Hall–Kier alpha value is -2.35. The van der Waals surface area contributed by atoms with E-state index in [9.17, 15) is 4.79 Å². The maximum atomic E-state index is 11.8. The summed E-state index contributed by atoms with van der Waals surface area (Å²) < 4.78 is 8.41. The van der Waals surface area contributed by atoms with Gasteiger partial charge in [0.25, 0.3) is 0 Å². The van der Waals surface area contributed by atoms with Crippen molar-refractivity contribution >= 4 is 11.9 Å². The zero-order valence-electron chi connectivity index (χ0n) is 10.8. The quantitative estimate of drug-likeness (QED) is 0.699. The predicted molar refractivity (Wildman–Crippen MR) is 68.1 cm³/mol. The third-order valence-corrected chi connectivity index (χ3v) is 2.74. The van der Waals surface area contributed by atoms with Crippen LogP contribution >= 0.6 is 0 Å². The van der Waals surface area contributed by atoms with Gasteiger partial charge in [-0.15, -0.1) is 0 Å². The van der Waals surface area contributed by atoms with Crippen LogP contribution in [-0.2, 0) is 25.3 Å². The lowest BCUT2D eigenvalue weighted by atomic mass is 10.2. The van der Waals surface area contributed by atoms with Crippen molar-refractivity contribution in [1.82, 2.24) is 19.1 Å². The summed E-state index contributed by atoms with van der Waals surface area (Å²) in [4.78, 5) is 19.6. The first-order chi connectivity index (χ1) is 8.97. The van der Waals surface area contributed by atoms with Crippen LogP contribution in [0.5, 0.6) is 5.88 Å². The zero-order valence-corrected chi connectivity index (χ0v) is 10.8. The Morgan fingerprint density at radius 2 is 2.21 bits per heavy atom. The van der Waals surface area contributed by atoms with E-state index in [-0.39, 0.29) is 11.8 Å². The molecule has 0 spiro atoms. The van der Waals surface area contributed by atoms with Crippen LogP contribution in [0.15, 0.2) is 18.7 Å². The normalized spacial score (nSPS) is 12.4. The van der Waals surface area contributed by atoms with Gasteiger partial charge in [0.15, 0.2) is 0 Å². The van der Waals surface area contributed by atoms with Gasteiger partial charge in [0, 0.05) is 32.4 Å². The SMILES string of the molecule is Cn1cncc1C[C@H](N)C(=O)Oc1cn(C)c(N)n1. The molecule has 2 heterocycles. The van der Waals surface area contributed by atoms with Crippen molar-refractivity contribution in [3.05, 3.63) is 24.4 Å². The van der Waals surface area contributed by atoms with Crippen LogP contribution in [0.3, 0.4) is 0 Å². The largest absolute Gasteiger partial charge is 0.405 e. The van der Waals surface area contributed by atoms with Gasteiger partial charge in [0.2, 0.25) is 11.8 Å². The van der Waals surface area contributed by atoms with Gasteiger partial charge in [-0.05, 0) is 0 Å². The van der Waals surface area contributed by atoms with Crippen LogP contribution in [0.25, 0.3) is 0 Å². The monoisotopic (exact) mass is 264 g/mol. The number of hydrogen-bond acceptors (Lipinski definition) is 6. The predicted octanol–water partition coefficient (Wildman–Crippen LogP) is -0.789. The first-order valence-corrected chi connectivity index (χ1v) is 5.68. The number of nitrogen functional groups attached to an aromatic ring is 1. The number of rotatable bonds is 4. The van der Waals surface area contributed by atoms with Crippen LogP contribution < -0.4 is 16.2 Å². The summed E-state index contributed by atoms with van der Waals surface area (Å²) in [6.07, 6.45) is 5.17. The van der Waals surface area contributed by atoms with Crippen LogP contribution in [0, 0.1) is 0 Å². The number of nitrogens with zero attached hydrogens (tertiary/aromatic N) is 4. The molecular weight excluding hydrogens is 248 g/mol. The average molecular weight is 264 g/mol. The third-order valence-electron chi connectivity index (χ3n) is 2.74. The Balaban J connectivity index is 1.98. The van der Waals surface area contributed by atoms with Gasteiger partial charge in [-0.25, -0.2) is 9.78 Å². The summed E-state index contributed by atoms with van der Waals surface area (Å²) in [5.74, 6) is -0.146. The summed E-state index contributed by atoms with van der Waals surface area (Å²) in [7, 11) is 3.54. The second kappa shape index (κ2) is 5.11. The molecular formula is C11H16N6O2. The van der Waals surface area contributed by atoms with Gasteiger partial charge in [0.05, 0.1) is 12.5 Å². The lowest BCUT2D eigenvalue weighted by Gasteiger charge is -2.09. The maximum absolute atomic E-state index is 11.8. The van der Waals surface area contributed by atoms with E-state index < -0.39 is 12.0 Å². The van der Waals surface area contributed by atoms with E-state index in [1.807, 2.05) is 7.05 Å². The van der Waals surface area contributed by atoms with Crippen LogP contribution in [0.2, 0.25) is 0 Å². The molecule has 0 radical (unpaired) electrons. The van der Waals surface area contributed by atoms with Crippen molar-refractivity contribution in [2.24, 2.45) is 19.8 Å². The lowest BCUT2D eigenvalue weighted by Crippen LogP contribution is -2.36. The van der Waals surface area contributed by atoms with Crippen molar-refractivity contribution in [2.45, 2.75) is 12.5 Å². The minimum Gasteiger partial charge on any atom is -0.405 e. The summed E-state index contributed by atoms with van der Waals surface area (Å²) in [5, 5.41) is 0. The van der Waals surface area contributed by atoms with Gasteiger partial charge in [-0.2, -0.15) is 4.98 Å². The molecule has 0 saturated heterocycles.